The van der Waals surface area contributed by atoms with E-state index in [1.54, 1.807) is 0 Å². The first kappa shape index (κ1) is 10.7. The Bertz CT molecular complexity index is 378. The van der Waals surface area contributed by atoms with Crippen molar-refractivity contribution in [3.05, 3.63) is 16.5 Å². The molecule has 3 nitrogen and oxygen atoms in total. The second-order valence-corrected chi connectivity index (χ2v) is 4.56. The molecule has 4 heteroatoms. The molecule has 15 heavy (non-hydrogen) atoms. The van der Waals surface area contributed by atoms with Crippen LogP contribution in [-0.2, 0) is 6.42 Å². The van der Waals surface area contributed by atoms with Gasteiger partial charge in [-0.25, -0.2) is 9.97 Å². The summed E-state index contributed by atoms with van der Waals surface area (Å²) in [7, 11) is 0. The number of anilines is 1. The molecule has 0 unspecified atom stereocenters. The van der Waals surface area contributed by atoms with Gasteiger partial charge in [0.1, 0.15) is 16.8 Å². The standard InChI is InChI=1S/C11H16ClN3/c1-4-8-10(12)13-7(3)14-11(8)15-9-5-6(9)2/h6,9H,4-5H2,1-3H3,(H,13,14,15)/t6-,9-/m0/s1. The summed E-state index contributed by atoms with van der Waals surface area (Å²) >= 11 is 6.08. The van der Waals surface area contributed by atoms with E-state index in [1.807, 2.05) is 6.92 Å². The highest BCUT2D eigenvalue weighted by Crippen LogP contribution is 2.34. The second-order valence-electron chi connectivity index (χ2n) is 4.21. The molecular formula is C11H16ClN3. The molecule has 2 atom stereocenters. The lowest BCUT2D eigenvalue weighted by molar-refractivity contribution is 0.906. The molecule has 1 fully saturated rings. The normalized spacial score (nSPS) is 24.0. The van der Waals surface area contributed by atoms with Crippen molar-refractivity contribution in [3.8, 4) is 0 Å². The molecule has 0 bridgehead atoms. The lowest BCUT2D eigenvalue weighted by Crippen LogP contribution is -2.10. The number of aryl methyl sites for hydroxylation is 1. The van der Waals surface area contributed by atoms with E-state index in [9.17, 15) is 0 Å². The van der Waals surface area contributed by atoms with E-state index >= 15 is 0 Å². The molecule has 0 aromatic carbocycles. The van der Waals surface area contributed by atoms with Crippen LogP contribution in [0.5, 0.6) is 0 Å². The van der Waals surface area contributed by atoms with Crippen LogP contribution < -0.4 is 5.32 Å². The zero-order valence-corrected chi connectivity index (χ0v) is 10.1. The predicted molar refractivity (Wildman–Crippen MR) is 62.3 cm³/mol. The van der Waals surface area contributed by atoms with E-state index in [0.717, 1.165) is 29.5 Å². The topological polar surface area (TPSA) is 37.8 Å². The summed E-state index contributed by atoms with van der Waals surface area (Å²) in [5.74, 6) is 2.40. The first-order chi connectivity index (χ1) is 7.11. The van der Waals surface area contributed by atoms with Gasteiger partial charge in [-0.2, -0.15) is 0 Å². The Kier molecular flexibility index (Phi) is 2.83. The molecule has 1 N–H and O–H groups in total. The molecule has 1 aromatic rings. The summed E-state index contributed by atoms with van der Waals surface area (Å²) < 4.78 is 0. The fourth-order valence-electron chi connectivity index (χ4n) is 1.69. The Morgan fingerprint density at radius 3 is 2.67 bits per heavy atom. The number of nitrogens with one attached hydrogen (secondary N) is 1. The number of rotatable bonds is 3. The average Bonchev–Trinajstić information content (AvgIpc) is 2.81. The van der Waals surface area contributed by atoms with Crippen LogP contribution in [-0.4, -0.2) is 16.0 Å². The van der Waals surface area contributed by atoms with Gasteiger partial charge < -0.3 is 5.32 Å². The predicted octanol–water partition coefficient (Wildman–Crippen LogP) is 2.82. The van der Waals surface area contributed by atoms with E-state index < -0.39 is 0 Å². The highest BCUT2D eigenvalue weighted by atomic mass is 35.5. The monoisotopic (exact) mass is 225 g/mol. The number of aromatic nitrogens is 2. The second kappa shape index (κ2) is 3.97. The lowest BCUT2D eigenvalue weighted by Gasteiger charge is -2.11. The van der Waals surface area contributed by atoms with Crippen molar-refractivity contribution >= 4 is 17.4 Å². The van der Waals surface area contributed by atoms with Crippen molar-refractivity contribution in [2.45, 2.75) is 39.7 Å². The minimum absolute atomic E-state index is 0.570. The minimum Gasteiger partial charge on any atom is -0.367 e. The van der Waals surface area contributed by atoms with Gasteiger partial charge >= 0.3 is 0 Å². The van der Waals surface area contributed by atoms with Crippen LogP contribution >= 0.6 is 11.6 Å². The molecule has 2 rings (SSSR count). The van der Waals surface area contributed by atoms with Crippen molar-refractivity contribution in [3.63, 3.8) is 0 Å². The maximum atomic E-state index is 6.08. The fraction of sp³-hybridized carbons (Fsp3) is 0.636. The van der Waals surface area contributed by atoms with Crippen LogP contribution in [0.15, 0.2) is 0 Å². The van der Waals surface area contributed by atoms with Crippen LogP contribution in [0.25, 0.3) is 0 Å². The Morgan fingerprint density at radius 2 is 2.13 bits per heavy atom. The summed E-state index contributed by atoms with van der Waals surface area (Å²) in [6.07, 6.45) is 2.09. The third-order valence-electron chi connectivity index (χ3n) is 2.85. The molecule has 1 aromatic heterocycles. The Hall–Kier alpha value is -0.830. The molecule has 0 amide bonds. The van der Waals surface area contributed by atoms with Gasteiger partial charge in [-0.15, -0.1) is 0 Å². The van der Waals surface area contributed by atoms with Crippen molar-refractivity contribution < 1.29 is 0 Å². The van der Waals surface area contributed by atoms with E-state index in [4.69, 9.17) is 11.6 Å². The number of nitrogens with zero attached hydrogens (tertiary/aromatic N) is 2. The van der Waals surface area contributed by atoms with Gasteiger partial charge in [0, 0.05) is 11.6 Å². The van der Waals surface area contributed by atoms with Crippen LogP contribution in [0.2, 0.25) is 5.15 Å². The molecule has 1 heterocycles. The number of hydrogen-bond acceptors (Lipinski definition) is 3. The van der Waals surface area contributed by atoms with E-state index in [-0.39, 0.29) is 0 Å². The number of hydrogen-bond donors (Lipinski definition) is 1. The smallest absolute Gasteiger partial charge is 0.138 e. The lowest BCUT2D eigenvalue weighted by atomic mass is 10.2. The first-order valence-electron chi connectivity index (χ1n) is 5.41. The summed E-state index contributed by atoms with van der Waals surface area (Å²) in [4.78, 5) is 8.58. The summed E-state index contributed by atoms with van der Waals surface area (Å²) in [5, 5.41) is 4.02. The largest absolute Gasteiger partial charge is 0.367 e. The molecule has 82 valence electrons. The molecule has 0 aliphatic heterocycles. The Labute approximate surface area is 95.3 Å². The molecule has 1 saturated carbocycles. The van der Waals surface area contributed by atoms with Crippen molar-refractivity contribution in [2.24, 2.45) is 5.92 Å². The molecular weight excluding hydrogens is 210 g/mol. The van der Waals surface area contributed by atoms with Crippen LogP contribution in [0.3, 0.4) is 0 Å². The van der Waals surface area contributed by atoms with E-state index in [1.165, 1.54) is 6.42 Å². The molecule has 0 radical (unpaired) electrons. The van der Waals surface area contributed by atoms with Gasteiger partial charge in [-0.3, -0.25) is 0 Å². The van der Waals surface area contributed by atoms with Crippen LogP contribution in [0.4, 0.5) is 5.82 Å². The third kappa shape index (κ3) is 2.23. The highest BCUT2D eigenvalue weighted by molar-refractivity contribution is 6.30. The van der Waals surface area contributed by atoms with Gasteiger partial charge in [0.15, 0.2) is 0 Å². The van der Waals surface area contributed by atoms with Gasteiger partial charge in [-0.1, -0.05) is 25.4 Å². The molecule has 0 spiro atoms. The summed E-state index contributed by atoms with van der Waals surface area (Å²) in [6.45, 7) is 6.17. The van der Waals surface area contributed by atoms with Gasteiger partial charge in [0.25, 0.3) is 0 Å². The summed E-state index contributed by atoms with van der Waals surface area (Å²) in [6, 6.07) is 0.570. The third-order valence-corrected chi connectivity index (χ3v) is 3.17. The van der Waals surface area contributed by atoms with E-state index in [0.29, 0.717) is 11.2 Å². The molecule has 0 saturated heterocycles. The van der Waals surface area contributed by atoms with Crippen LogP contribution in [0.1, 0.15) is 31.7 Å². The zero-order valence-electron chi connectivity index (χ0n) is 9.34. The minimum atomic E-state index is 0.570. The van der Waals surface area contributed by atoms with Gasteiger partial charge in [0.2, 0.25) is 0 Å². The Balaban J connectivity index is 2.27. The van der Waals surface area contributed by atoms with Crippen molar-refractivity contribution in [1.29, 1.82) is 0 Å². The highest BCUT2D eigenvalue weighted by Gasteiger charge is 2.33. The van der Waals surface area contributed by atoms with Gasteiger partial charge in [-0.05, 0) is 25.7 Å². The number of halogens is 1. The quantitative estimate of drug-likeness (QED) is 0.804. The van der Waals surface area contributed by atoms with Gasteiger partial charge in [0.05, 0.1) is 0 Å². The zero-order chi connectivity index (χ0) is 11.0. The molecule has 1 aliphatic carbocycles. The van der Waals surface area contributed by atoms with Crippen molar-refractivity contribution in [1.82, 2.24) is 9.97 Å². The Morgan fingerprint density at radius 1 is 1.47 bits per heavy atom. The SMILES string of the molecule is CCc1c(Cl)nc(C)nc1N[C@H]1C[C@@H]1C. The van der Waals surface area contributed by atoms with E-state index in [2.05, 4.69) is 29.1 Å². The maximum absolute atomic E-state index is 6.08. The summed E-state index contributed by atoms with van der Waals surface area (Å²) in [5.41, 5.74) is 1.03. The maximum Gasteiger partial charge on any atom is 0.138 e. The molecule has 1 aliphatic rings. The van der Waals surface area contributed by atoms with Crippen LogP contribution in [0, 0.1) is 12.8 Å². The fourth-order valence-corrected chi connectivity index (χ4v) is 2.04. The van der Waals surface area contributed by atoms with Crippen molar-refractivity contribution in [2.75, 3.05) is 5.32 Å². The average molecular weight is 226 g/mol. The first-order valence-corrected chi connectivity index (χ1v) is 5.79.